The normalized spacial score (nSPS) is 15.7. The predicted molar refractivity (Wildman–Crippen MR) is 129 cm³/mol. The highest BCUT2D eigenvalue weighted by Crippen LogP contribution is 2.32. The Kier molecular flexibility index (Phi) is 6.81. The molecule has 180 valence electrons. The molecular formula is C24H32N2O5S2. The van der Waals surface area contributed by atoms with E-state index in [0.29, 0.717) is 16.0 Å². The van der Waals surface area contributed by atoms with Crippen molar-refractivity contribution >= 4 is 25.8 Å². The van der Waals surface area contributed by atoms with Crippen LogP contribution in [0.15, 0.2) is 28.0 Å². The Labute approximate surface area is 197 Å². The standard InChI is InChI=1S/C24H32N2O5S2/c1-15-8-9-21(32(7,28)29)14-22(15)24(27)25-10-12-26(13-11-25)33(30,31)23-19(5)17(3)16(2)18(4)20(23)6/h8-9,14H,10-13H2,1-7H3. The lowest BCUT2D eigenvalue weighted by molar-refractivity contribution is 0.0697. The molecule has 2 aromatic carbocycles. The number of aryl methyl sites for hydroxylation is 1. The van der Waals surface area contributed by atoms with E-state index in [1.165, 1.54) is 16.4 Å². The van der Waals surface area contributed by atoms with E-state index in [2.05, 4.69) is 0 Å². The van der Waals surface area contributed by atoms with Gasteiger partial charge in [-0.15, -0.1) is 0 Å². The van der Waals surface area contributed by atoms with Gasteiger partial charge < -0.3 is 4.90 Å². The number of nitrogens with zero attached hydrogens (tertiary/aromatic N) is 2. The monoisotopic (exact) mass is 492 g/mol. The fourth-order valence-electron chi connectivity index (χ4n) is 4.35. The molecule has 0 aromatic heterocycles. The molecule has 0 spiro atoms. The minimum absolute atomic E-state index is 0.0914. The number of amides is 1. The molecule has 0 atom stereocenters. The second-order valence-corrected chi connectivity index (χ2v) is 12.8. The van der Waals surface area contributed by atoms with Gasteiger partial charge in [0.1, 0.15) is 0 Å². The summed E-state index contributed by atoms with van der Waals surface area (Å²) < 4.78 is 52.4. The van der Waals surface area contributed by atoms with Crippen LogP contribution in [-0.2, 0) is 19.9 Å². The third kappa shape index (κ3) is 4.58. The Morgan fingerprint density at radius 3 is 1.73 bits per heavy atom. The lowest BCUT2D eigenvalue weighted by Crippen LogP contribution is -2.50. The number of benzene rings is 2. The summed E-state index contributed by atoms with van der Waals surface area (Å²) in [5, 5.41) is 0. The summed E-state index contributed by atoms with van der Waals surface area (Å²) in [6, 6.07) is 4.51. The van der Waals surface area contributed by atoms with Gasteiger partial charge in [0.2, 0.25) is 10.0 Å². The maximum absolute atomic E-state index is 13.6. The molecule has 33 heavy (non-hydrogen) atoms. The minimum Gasteiger partial charge on any atom is -0.336 e. The van der Waals surface area contributed by atoms with Gasteiger partial charge in [-0.05, 0) is 87.1 Å². The van der Waals surface area contributed by atoms with Crippen molar-refractivity contribution in [2.45, 2.75) is 51.3 Å². The van der Waals surface area contributed by atoms with Crippen LogP contribution in [0.5, 0.6) is 0 Å². The molecule has 9 heteroatoms. The minimum atomic E-state index is -3.72. The van der Waals surface area contributed by atoms with Crippen molar-refractivity contribution in [3.8, 4) is 0 Å². The van der Waals surface area contributed by atoms with Crippen molar-refractivity contribution in [3.05, 3.63) is 57.1 Å². The zero-order valence-electron chi connectivity index (χ0n) is 20.3. The van der Waals surface area contributed by atoms with Gasteiger partial charge in [0, 0.05) is 38.0 Å². The van der Waals surface area contributed by atoms with Gasteiger partial charge in [-0.1, -0.05) is 6.07 Å². The number of carbonyl (C=O) groups excluding carboxylic acids is 1. The SMILES string of the molecule is Cc1ccc(S(C)(=O)=O)cc1C(=O)N1CCN(S(=O)(=O)c2c(C)c(C)c(C)c(C)c2C)CC1. The Hall–Kier alpha value is -2.23. The van der Waals surface area contributed by atoms with Crippen molar-refractivity contribution in [1.29, 1.82) is 0 Å². The van der Waals surface area contributed by atoms with Crippen molar-refractivity contribution in [2.75, 3.05) is 32.4 Å². The number of rotatable bonds is 4. The van der Waals surface area contributed by atoms with Crippen LogP contribution in [0.1, 0.15) is 43.7 Å². The number of carbonyl (C=O) groups is 1. The summed E-state index contributed by atoms with van der Waals surface area (Å²) in [5.74, 6) is -0.288. The summed E-state index contributed by atoms with van der Waals surface area (Å²) in [6.45, 7) is 12.2. The van der Waals surface area contributed by atoms with Crippen molar-refractivity contribution in [2.24, 2.45) is 0 Å². The van der Waals surface area contributed by atoms with Gasteiger partial charge in [-0.3, -0.25) is 4.79 Å². The van der Waals surface area contributed by atoms with E-state index in [0.717, 1.165) is 34.1 Å². The summed E-state index contributed by atoms with van der Waals surface area (Å²) in [6.07, 6.45) is 1.11. The molecule has 0 unspecified atom stereocenters. The maximum atomic E-state index is 13.6. The molecule has 1 fully saturated rings. The molecule has 1 saturated heterocycles. The molecule has 2 aromatic rings. The molecular weight excluding hydrogens is 460 g/mol. The summed E-state index contributed by atoms with van der Waals surface area (Å²) in [4.78, 5) is 15.2. The molecule has 0 saturated carbocycles. The number of sulfone groups is 1. The highest BCUT2D eigenvalue weighted by Gasteiger charge is 2.34. The second-order valence-electron chi connectivity index (χ2n) is 8.90. The summed E-state index contributed by atoms with van der Waals surface area (Å²) in [7, 11) is -7.16. The van der Waals surface area contributed by atoms with Gasteiger partial charge >= 0.3 is 0 Å². The third-order valence-corrected chi connectivity index (χ3v) is 10.2. The van der Waals surface area contributed by atoms with Crippen LogP contribution in [-0.4, -0.2) is 64.4 Å². The first-order chi connectivity index (χ1) is 15.2. The lowest BCUT2D eigenvalue weighted by Gasteiger charge is -2.35. The summed E-state index contributed by atoms with van der Waals surface area (Å²) in [5.41, 5.74) is 5.60. The number of sulfonamides is 1. The van der Waals surface area contributed by atoms with E-state index in [9.17, 15) is 21.6 Å². The van der Waals surface area contributed by atoms with Crippen molar-refractivity contribution < 1.29 is 21.6 Å². The molecule has 1 aliphatic rings. The molecule has 0 bridgehead atoms. The topological polar surface area (TPSA) is 91.8 Å². The molecule has 7 nitrogen and oxygen atoms in total. The van der Waals surface area contributed by atoms with Crippen LogP contribution in [0.4, 0.5) is 0 Å². The van der Waals surface area contributed by atoms with Gasteiger partial charge in [-0.25, -0.2) is 16.8 Å². The van der Waals surface area contributed by atoms with Crippen LogP contribution in [0.3, 0.4) is 0 Å². The van der Waals surface area contributed by atoms with E-state index in [4.69, 9.17) is 0 Å². The Morgan fingerprint density at radius 1 is 0.758 bits per heavy atom. The van der Waals surface area contributed by atoms with E-state index in [1.54, 1.807) is 17.9 Å². The van der Waals surface area contributed by atoms with Gasteiger partial charge in [0.15, 0.2) is 9.84 Å². The van der Waals surface area contributed by atoms with E-state index in [1.807, 2.05) is 34.6 Å². The molecule has 0 aliphatic carbocycles. The quantitative estimate of drug-likeness (QED) is 0.654. The first kappa shape index (κ1) is 25.4. The first-order valence-electron chi connectivity index (χ1n) is 10.8. The largest absolute Gasteiger partial charge is 0.336 e. The van der Waals surface area contributed by atoms with Gasteiger partial charge in [0.25, 0.3) is 5.91 Å². The Balaban J connectivity index is 1.86. The van der Waals surface area contributed by atoms with Crippen LogP contribution in [0.2, 0.25) is 0 Å². The molecule has 0 radical (unpaired) electrons. The average Bonchev–Trinajstić information content (AvgIpc) is 2.75. The second kappa shape index (κ2) is 8.85. The van der Waals surface area contributed by atoms with Crippen LogP contribution in [0, 0.1) is 41.5 Å². The van der Waals surface area contributed by atoms with Gasteiger partial charge in [-0.2, -0.15) is 4.31 Å². The number of hydrogen-bond acceptors (Lipinski definition) is 5. The van der Waals surface area contributed by atoms with E-state index < -0.39 is 19.9 Å². The fraction of sp³-hybridized carbons (Fsp3) is 0.458. The summed E-state index contributed by atoms with van der Waals surface area (Å²) >= 11 is 0. The highest BCUT2D eigenvalue weighted by molar-refractivity contribution is 7.90. The first-order valence-corrected chi connectivity index (χ1v) is 14.2. The fourth-order valence-corrected chi connectivity index (χ4v) is 6.98. The Bertz CT molecular complexity index is 1310. The van der Waals surface area contributed by atoms with Crippen LogP contribution >= 0.6 is 0 Å². The lowest BCUT2D eigenvalue weighted by atomic mass is 9.95. The van der Waals surface area contributed by atoms with Crippen molar-refractivity contribution in [1.82, 2.24) is 9.21 Å². The molecule has 0 N–H and O–H groups in total. The molecule has 1 heterocycles. The third-order valence-electron chi connectivity index (χ3n) is 6.92. The maximum Gasteiger partial charge on any atom is 0.254 e. The molecule has 3 rings (SSSR count). The van der Waals surface area contributed by atoms with Gasteiger partial charge in [0.05, 0.1) is 9.79 Å². The zero-order valence-corrected chi connectivity index (χ0v) is 21.9. The number of piperazine rings is 1. The predicted octanol–water partition coefficient (Wildman–Crippen LogP) is 3.09. The number of hydrogen-bond donors (Lipinski definition) is 0. The van der Waals surface area contributed by atoms with E-state index >= 15 is 0 Å². The van der Waals surface area contributed by atoms with Crippen LogP contribution in [0.25, 0.3) is 0 Å². The smallest absolute Gasteiger partial charge is 0.254 e. The molecule has 1 amide bonds. The zero-order chi connectivity index (χ0) is 24.9. The van der Waals surface area contributed by atoms with E-state index in [-0.39, 0.29) is 37.0 Å². The van der Waals surface area contributed by atoms with Crippen molar-refractivity contribution in [3.63, 3.8) is 0 Å². The molecule has 1 aliphatic heterocycles. The van der Waals surface area contributed by atoms with Crippen LogP contribution < -0.4 is 0 Å². The average molecular weight is 493 g/mol. The highest BCUT2D eigenvalue weighted by atomic mass is 32.2. The Morgan fingerprint density at radius 2 is 1.24 bits per heavy atom.